The summed E-state index contributed by atoms with van der Waals surface area (Å²) in [4.78, 5) is 26.8. The Balaban J connectivity index is 1.57. The predicted octanol–water partition coefficient (Wildman–Crippen LogP) is 4.37. The number of nitrogens with zero attached hydrogens (tertiary/aromatic N) is 1. The molecule has 5 N–H and O–H groups in total. The maximum atomic E-state index is 13.9. The number of urea groups is 1. The van der Waals surface area contributed by atoms with Gasteiger partial charge in [-0.2, -0.15) is 13.2 Å². The van der Waals surface area contributed by atoms with E-state index < -0.39 is 35.2 Å². The van der Waals surface area contributed by atoms with Gasteiger partial charge in [-0.25, -0.2) is 18.9 Å². The lowest BCUT2D eigenvalue weighted by molar-refractivity contribution is -0.579. The van der Waals surface area contributed by atoms with Crippen molar-refractivity contribution < 1.29 is 31.9 Å². The number of carbonyl (C=O) groups excluding carboxylic acids is 2. The molecule has 0 fully saturated rings. The Bertz CT molecular complexity index is 1410. The van der Waals surface area contributed by atoms with Crippen molar-refractivity contribution in [3.05, 3.63) is 83.1 Å². The zero-order chi connectivity index (χ0) is 24.6. The van der Waals surface area contributed by atoms with Gasteiger partial charge >= 0.3 is 12.2 Å². The van der Waals surface area contributed by atoms with Gasteiger partial charge in [-0.3, -0.25) is 4.79 Å². The first kappa shape index (κ1) is 22.6. The van der Waals surface area contributed by atoms with Gasteiger partial charge in [-0.1, -0.05) is 12.1 Å². The van der Waals surface area contributed by atoms with Gasteiger partial charge in [0.05, 0.1) is 22.8 Å². The fourth-order valence-electron chi connectivity index (χ4n) is 3.42. The van der Waals surface area contributed by atoms with E-state index in [4.69, 9.17) is 5.73 Å². The molecule has 2 heterocycles. The van der Waals surface area contributed by atoms with Crippen LogP contribution >= 0.6 is 0 Å². The van der Waals surface area contributed by atoms with Crippen molar-refractivity contribution in [3.63, 3.8) is 0 Å². The van der Waals surface area contributed by atoms with Crippen LogP contribution in [0.1, 0.15) is 16.1 Å². The summed E-state index contributed by atoms with van der Waals surface area (Å²) in [5.74, 6) is -1.82. The normalized spacial score (nSPS) is 11.4. The van der Waals surface area contributed by atoms with E-state index in [0.29, 0.717) is 39.4 Å². The van der Waals surface area contributed by atoms with Gasteiger partial charge in [-0.15, -0.1) is 0 Å². The molecule has 34 heavy (non-hydrogen) atoms. The van der Waals surface area contributed by atoms with E-state index in [1.807, 2.05) is 5.32 Å². The molecule has 2 aromatic carbocycles. The van der Waals surface area contributed by atoms with Crippen LogP contribution in [0.3, 0.4) is 0 Å². The number of amides is 3. The molecule has 0 aliphatic heterocycles. The number of aromatic nitrogens is 2. The average molecular weight is 473 g/mol. The molecule has 0 bridgehead atoms. The topological polar surface area (TPSA) is 127 Å². The third kappa shape index (κ3) is 4.33. The number of nitrogens with one attached hydrogen (secondary N) is 3. The monoisotopic (exact) mass is 473 g/mol. The number of nitrogens with two attached hydrogens (primary N) is 1. The van der Waals surface area contributed by atoms with Gasteiger partial charge in [-0.05, 0) is 48.0 Å². The number of anilines is 2. The Hall–Kier alpha value is -4.61. The van der Waals surface area contributed by atoms with E-state index in [0.717, 1.165) is 0 Å². The van der Waals surface area contributed by atoms with Crippen molar-refractivity contribution in [2.45, 2.75) is 6.18 Å². The number of aromatic amines is 1. The summed E-state index contributed by atoms with van der Waals surface area (Å²) in [5, 5.41) is 16.9. The van der Waals surface area contributed by atoms with Crippen LogP contribution in [0, 0.1) is 11.0 Å². The Morgan fingerprint density at radius 1 is 1.03 bits per heavy atom. The van der Waals surface area contributed by atoms with Crippen LogP contribution in [0.5, 0.6) is 0 Å². The van der Waals surface area contributed by atoms with Crippen molar-refractivity contribution in [3.8, 4) is 11.1 Å². The van der Waals surface area contributed by atoms with Crippen LogP contribution in [-0.2, 0) is 6.18 Å². The SMILES string of the molecule is NC(=O)c1[nH]c2c(ccc[n+]2[O-])c1-c1ccc(NC(=O)Nc2cc(C(F)(F)F)ccc2F)cc1. The lowest BCUT2D eigenvalue weighted by atomic mass is 10.0. The molecule has 0 spiro atoms. The Labute approximate surface area is 188 Å². The molecule has 0 aliphatic carbocycles. The first-order valence-electron chi connectivity index (χ1n) is 9.63. The number of benzene rings is 2. The molecule has 0 saturated carbocycles. The van der Waals surface area contributed by atoms with Gasteiger partial charge < -0.3 is 21.6 Å². The highest BCUT2D eigenvalue weighted by atomic mass is 19.4. The molecule has 0 aliphatic rings. The number of hydrogen-bond donors (Lipinski definition) is 4. The number of alkyl halides is 3. The summed E-state index contributed by atoms with van der Waals surface area (Å²) in [6.07, 6.45) is -3.44. The minimum absolute atomic E-state index is 0.0178. The highest BCUT2D eigenvalue weighted by Crippen LogP contribution is 2.33. The number of pyridine rings is 1. The molecule has 12 heteroatoms. The summed E-state index contributed by atoms with van der Waals surface area (Å²) in [7, 11) is 0. The molecule has 174 valence electrons. The number of carbonyl (C=O) groups is 2. The highest BCUT2D eigenvalue weighted by molar-refractivity contribution is 6.08. The molecular weight excluding hydrogens is 458 g/mol. The van der Waals surface area contributed by atoms with Gasteiger partial charge in [0.2, 0.25) is 0 Å². The minimum atomic E-state index is -4.70. The first-order valence-corrected chi connectivity index (χ1v) is 9.63. The molecule has 0 atom stereocenters. The highest BCUT2D eigenvalue weighted by Gasteiger charge is 2.31. The van der Waals surface area contributed by atoms with Crippen LogP contribution < -0.4 is 21.1 Å². The van der Waals surface area contributed by atoms with Crippen LogP contribution in [0.4, 0.5) is 33.7 Å². The van der Waals surface area contributed by atoms with E-state index >= 15 is 0 Å². The minimum Gasteiger partial charge on any atom is -0.711 e. The second-order valence-electron chi connectivity index (χ2n) is 7.18. The van der Waals surface area contributed by atoms with E-state index in [1.54, 1.807) is 6.07 Å². The lowest BCUT2D eigenvalue weighted by Crippen LogP contribution is -2.26. The molecular formula is C22H15F4N5O3. The number of halogens is 4. The number of fused-ring (bicyclic) bond motifs is 1. The largest absolute Gasteiger partial charge is 0.711 e. The van der Waals surface area contributed by atoms with E-state index in [-0.39, 0.29) is 17.0 Å². The van der Waals surface area contributed by atoms with Crippen LogP contribution in [0.2, 0.25) is 0 Å². The van der Waals surface area contributed by atoms with Gasteiger partial charge in [0.1, 0.15) is 5.82 Å². The van der Waals surface area contributed by atoms with Gasteiger partial charge in [0.25, 0.3) is 11.6 Å². The third-order valence-electron chi connectivity index (χ3n) is 4.94. The predicted molar refractivity (Wildman–Crippen MR) is 115 cm³/mol. The summed E-state index contributed by atoms with van der Waals surface area (Å²) in [6, 6.07) is 9.81. The third-order valence-corrected chi connectivity index (χ3v) is 4.94. The maximum Gasteiger partial charge on any atom is 0.416 e. The van der Waals surface area contributed by atoms with Gasteiger partial charge in [0.15, 0.2) is 5.69 Å². The maximum absolute atomic E-state index is 13.9. The Kier molecular flexibility index (Phi) is 5.57. The average Bonchev–Trinajstić information content (AvgIpc) is 3.16. The van der Waals surface area contributed by atoms with Crippen molar-refractivity contribution >= 4 is 34.3 Å². The molecule has 4 rings (SSSR count). The fourth-order valence-corrected chi connectivity index (χ4v) is 3.42. The fraction of sp³-hybridized carbons (Fsp3) is 0.0455. The van der Waals surface area contributed by atoms with Crippen molar-refractivity contribution in [2.75, 3.05) is 10.6 Å². The second-order valence-corrected chi connectivity index (χ2v) is 7.18. The van der Waals surface area contributed by atoms with E-state index in [2.05, 4.69) is 10.3 Å². The van der Waals surface area contributed by atoms with Crippen LogP contribution in [-0.4, -0.2) is 16.9 Å². The molecule has 8 nitrogen and oxygen atoms in total. The van der Waals surface area contributed by atoms with E-state index in [9.17, 15) is 32.4 Å². The Morgan fingerprint density at radius 2 is 1.74 bits per heavy atom. The quantitative estimate of drug-likeness (QED) is 0.200. The smallest absolute Gasteiger partial charge is 0.416 e. The number of H-pyrrole nitrogens is 1. The van der Waals surface area contributed by atoms with Crippen molar-refractivity contribution in [2.24, 2.45) is 5.73 Å². The number of primary amides is 1. The van der Waals surface area contributed by atoms with Crippen LogP contribution in [0.15, 0.2) is 60.8 Å². The lowest BCUT2D eigenvalue weighted by Gasteiger charge is -2.12. The summed E-state index contributed by atoms with van der Waals surface area (Å²) < 4.78 is 52.9. The standard InChI is InChI=1S/C22H15F4N5O3/c23-15-8-5-12(22(24,25)26)10-16(15)29-21(33)28-13-6-3-11(4-7-13)17-14-2-1-9-31(34)20(14)30-18(17)19(27)32/h1-10,30H,(H2,27,32)(H2,28,29,33). The van der Waals surface area contributed by atoms with Crippen molar-refractivity contribution in [1.82, 2.24) is 4.98 Å². The number of hydrogen-bond acceptors (Lipinski definition) is 3. The van der Waals surface area contributed by atoms with Crippen LogP contribution in [0.25, 0.3) is 22.2 Å². The molecule has 4 aromatic rings. The molecule has 0 radical (unpaired) electrons. The van der Waals surface area contributed by atoms with Crippen molar-refractivity contribution in [1.29, 1.82) is 0 Å². The molecule has 3 amide bonds. The zero-order valence-corrected chi connectivity index (χ0v) is 17.0. The number of rotatable bonds is 4. The molecule has 0 unspecified atom stereocenters. The van der Waals surface area contributed by atoms with Gasteiger partial charge in [0, 0.05) is 11.3 Å². The Morgan fingerprint density at radius 3 is 2.38 bits per heavy atom. The zero-order valence-electron chi connectivity index (χ0n) is 17.0. The molecule has 0 saturated heterocycles. The summed E-state index contributed by atoms with van der Waals surface area (Å²) >= 11 is 0. The second kappa shape index (κ2) is 8.39. The molecule has 2 aromatic heterocycles. The summed E-state index contributed by atoms with van der Waals surface area (Å²) in [5.41, 5.74) is 4.95. The summed E-state index contributed by atoms with van der Waals surface area (Å²) in [6.45, 7) is 0. The first-order chi connectivity index (χ1) is 16.0. The van der Waals surface area contributed by atoms with E-state index in [1.165, 1.54) is 36.5 Å².